The van der Waals surface area contributed by atoms with E-state index >= 15 is 0 Å². The molecule has 0 aromatic heterocycles. The van der Waals surface area contributed by atoms with Gasteiger partial charge in [-0.15, -0.1) is 0 Å². The van der Waals surface area contributed by atoms with Crippen molar-refractivity contribution in [2.24, 2.45) is 0 Å². The van der Waals surface area contributed by atoms with Gasteiger partial charge in [0.25, 0.3) is 5.91 Å². The van der Waals surface area contributed by atoms with Crippen molar-refractivity contribution in [3.05, 3.63) is 67.7 Å². The Hall–Kier alpha value is -1.54. The quantitative estimate of drug-likeness (QED) is 0.190. The summed E-state index contributed by atoms with van der Waals surface area (Å²) in [5.74, 6) is -4.91. The number of carbonyl (C=O) groups excluding carboxylic acids is 1. The highest BCUT2D eigenvalue weighted by atomic mass is 35.5. The lowest BCUT2D eigenvalue weighted by atomic mass is 9.88. The summed E-state index contributed by atoms with van der Waals surface area (Å²) >= 11 is 18.1. The monoisotopic (exact) mass is 677 g/mol. The number of carbonyl (C=O) groups is 1. The van der Waals surface area contributed by atoms with Crippen LogP contribution in [0.1, 0.15) is 59.3 Å². The molecule has 2 rings (SSSR count). The lowest BCUT2D eigenvalue weighted by molar-refractivity contribution is -0.159. The molecule has 2 unspecified atom stereocenters. The standard InChI is InChI=1S/C25H23Cl3F9NO2S/c1-3-40-20(9-16(24(32,33)34)14-7-18(26)21(28)19(27)8-14)13-4-5-15(17(6-13)25(35,36)37)22(39)38-12(2)10-41-11-23(29,30)31/h4-8,12,16,20H,3,9-11H2,1-2H3,(H,38,39)/t12-,16?,20?/m1/s1. The summed E-state index contributed by atoms with van der Waals surface area (Å²) < 4.78 is 127. The van der Waals surface area contributed by atoms with Gasteiger partial charge in [-0.1, -0.05) is 40.9 Å². The molecule has 2 aromatic rings. The molecule has 0 saturated heterocycles. The van der Waals surface area contributed by atoms with E-state index in [-0.39, 0.29) is 38.6 Å². The van der Waals surface area contributed by atoms with E-state index in [0.717, 1.165) is 24.3 Å². The average Bonchev–Trinajstić information content (AvgIpc) is 2.82. The zero-order valence-electron chi connectivity index (χ0n) is 21.2. The molecule has 0 bridgehead atoms. The number of rotatable bonds is 11. The van der Waals surface area contributed by atoms with E-state index in [1.165, 1.54) is 13.8 Å². The highest BCUT2D eigenvalue weighted by Crippen LogP contribution is 2.45. The number of alkyl halides is 9. The molecule has 0 fully saturated rings. The number of hydrogen-bond donors (Lipinski definition) is 1. The number of halogens is 12. The van der Waals surface area contributed by atoms with Crippen LogP contribution in [0.5, 0.6) is 0 Å². The van der Waals surface area contributed by atoms with Crippen LogP contribution in [-0.2, 0) is 10.9 Å². The van der Waals surface area contributed by atoms with Gasteiger partial charge >= 0.3 is 18.5 Å². The number of ether oxygens (including phenoxy) is 1. The van der Waals surface area contributed by atoms with Crippen LogP contribution in [0, 0.1) is 0 Å². The Morgan fingerprint density at radius 2 is 1.54 bits per heavy atom. The summed E-state index contributed by atoms with van der Waals surface area (Å²) in [4.78, 5) is 12.6. The summed E-state index contributed by atoms with van der Waals surface area (Å²) in [5, 5.41) is 1.54. The largest absolute Gasteiger partial charge is 0.417 e. The number of amides is 1. The van der Waals surface area contributed by atoms with Crippen LogP contribution in [0.4, 0.5) is 39.5 Å². The Labute approximate surface area is 249 Å². The first kappa shape index (κ1) is 35.7. The van der Waals surface area contributed by atoms with Gasteiger partial charge < -0.3 is 10.1 Å². The van der Waals surface area contributed by atoms with Gasteiger partial charge in [0.05, 0.1) is 44.0 Å². The number of thioether (sulfide) groups is 1. The Balaban J connectivity index is 2.42. The molecule has 0 heterocycles. The average molecular weight is 679 g/mol. The predicted octanol–water partition coefficient (Wildman–Crippen LogP) is 9.89. The lowest BCUT2D eigenvalue weighted by Gasteiger charge is -2.27. The molecule has 230 valence electrons. The molecule has 0 aliphatic rings. The highest BCUT2D eigenvalue weighted by molar-refractivity contribution is 7.99. The topological polar surface area (TPSA) is 38.3 Å². The van der Waals surface area contributed by atoms with Crippen LogP contribution in [0.3, 0.4) is 0 Å². The molecular formula is C25H23Cl3F9NO2S. The molecular weight excluding hydrogens is 656 g/mol. The molecule has 1 amide bonds. The Bertz CT molecular complexity index is 1180. The van der Waals surface area contributed by atoms with Crippen LogP contribution in [0.25, 0.3) is 0 Å². The van der Waals surface area contributed by atoms with E-state index in [0.29, 0.717) is 17.8 Å². The maximum atomic E-state index is 14.1. The van der Waals surface area contributed by atoms with Crippen molar-refractivity contribution in [1.82, 2.24) is 5.32 Å². The Morgan fingerprint density at radius 1 is 0.951 bits per heavy atom. The molecule has 0 aliphatic carbocycles. The van der Waals surface area contributed by atoms with Crippen LogP contribution in [0.2, 0.25) is 15.1 Å². The molecule has 0 spiro atoms. The third kappa shape index (κ3) is 10.6. The van der Waals surface area contributed by atoms with E-state index < -0.39 is 65.8 Å². The van der Waals surface area contributed by atoms with Gasteiger partial charge in [0.15, 0.2) is 0 Å². The van der Waals surface area contributed by atoms with E-state index in [1.807, 2.05) is 0 Å². The minimum absolute atomic E-state index is 0.159. The van der Waals surface area contributed by atoms with Gasteiger partial charge in [0.1, 0.15) is 0 Å². The molecule has 3 atom stereocenters. The van der Waals surface area contributed by atoms with E-state index in [1.54, 1.807) is 0 Å². The summed E-state index contributed by atoms with van der Waals surface area (Å²) in [6.45, 7) is 2.60. The SMILES string of the molecule is CCOC(CC(c1cc(Cl)c(Cl)c(Cl)c1)C(F)(F)F)c1ccc(C(=O)N[C@H](C)CSCC(F)(F)F)c(C(F)(F)F)c1. The second-order valence-corrected chi connectivity index (χ2v) is 11.1. The van der Waals surface area contributed by atoms with Gasteiger partial charge in [-0.3, -0.25) is 4.79 Å². The minimum Gasteiger partial charge on any atom is -0.374 e. The maximum absolute atomic E-state index is 14.1. The van der Waals surface area contributed by atoms with E-state index in [4.69, 9.17) is 39.5 Å². The first-order valence-corrected chi connectivity index (χ1v) is 14.0. The van der Waals surface area contributed by atoms with Gasteiger partial charge in [-0.2, -0.15) is 51.3 Å². The number of hydrogen-bond acceptors (Lipinski definition) is 3. The summed E-state index contributed by atoms with van der Waals surface area (Å²) in [5.41, 5.74) is -2.97. The predicted molar refractivity (Wildman–Crippen MR) is 141 cm³/mol. The second kappa shape index (κ2) is 14.3. The van der Waals surface area contributed by atoms with E-state index in [2.05, 4.69) is 5.32 Å². The first-order chi connectivity index (χ1) is 18.7. The summed E-state index contributed by atoms with van der Waals surface area (Å²) in [6.07, 6.45) is -16.8. The maximum Gasteiger partial charge on any atom is 0.417 e. The molecule has 16 heteroatoms. The van der Waals surface area contributed by atoms with Crippen molar-refractivity contribution in [1.29, 1.82) is 0 Å². The molecule has 1 N–H and O–H groups in total. The smallest absolute Gasteiger partial charge is 0.374 e. The number of benzene rings is 2. The first-order valence-electron chi connectivity index (χ1n) is 11.7. The molecule has 0 saturated carbocycles. The van der Waals surface area contributed by atoms with Crippen molar-refractivity contribution in [2.75, 3.05) is 18.1 Å². The number of nitrogens with one attached hydrogen (secondary N) is 1. The van der Waals surface area contributed by atoms with Gasteiger partial charge in [-0.25, -0.2) is 0 Å². The zero-order valence-corrected chi connectivity index (χ0v) is 24.3. The van der Waals surface area contributed by atoms with E-state index in [9.17, 15) is 44.3 Å². The molecule has 41 heavy (non-hydrogen) atoms. The summed E-state index contributed by atoms with van der Waals surface area (Å²) in [7, 11) is 0. The normalized spacial score (nSPS) is 15.0. The fourth-order valence-corrected chi connectivity index (χ4v) is 5.24. The molecule has 0 aliphatic heterocycles. The fourth-order valence-electron chi connectivity index (χ4n) is 3.84. The Kier molecular flexibility index (Phi) is 12.4. The third-order valence-corrected chi connectivity index (χ3v) is 8.06. The minimum atomic E-state index is -5.10. The molecule has 3 nitrogen and oxygen atoms in total. The summed E-state index contributed by atoms with van der Waals surface area (Å²) in [6, 6.07) is 3.33. The van der Waals surface area contributed by atoms with Crippen molar-refractivity contribution in [3.63, 3.8) is 0 Å². The van der Waals surface area contributed by atoms with Crippen LogP contribution in [-0.4, -0.2) is 42.4 Å². The second-order valence-electron chi connectivity index (χ2n) is 8.88. The Morgan fingerprint density at radius 3 is 2.02 bits per heavy atom. The molecule has 2 aromatic carbocycles. The van der Waals surface area contributed by atoms with Gasteiger partial charge in [0, 0.05) is 18.4 Å². The van der Waals surface area contributed by atoms with Crippen molar-refractivity contribution in [2.45, 2.75) is 56.9 Å². The van der Waals surface area contributed by atoms with Crippen LogP contribution >= 0.6 is 46.6 Å². The van der Waals surface area contributed by atoms with Crippen molar-refractivity contribution >= 4 is 52.5 Å². The lowest BCUT2D eigenvalue weighted by Crippen LogP contribution is -2.36. The fraction of sp³-hybridized carbons (Fsp3) is 0.480. The molecule has 0 radical (unpaired) electrons. The van der Waals surface area contributed by atoms with Crippen LogP contribution < -0.4 is 5.32 Å². The van der Waals surface area contributed by atoms with Gasteiger partial charge in [0.2, 0.25) is 0 Å². The highest BCUT2D eigenvalue weighted by Gasteiger charge is 2.43. The third-order valence-electron chi connectivity index (χ3n) is 5.60. The van der Waals surface area contributed by atoms with Crippen molar-refractivity contribution in [3.8, 4) is 0 Å². The van der Waals surface area contributed by atoms with Crippen molar-refractivity contribution < 1.29 is 49.0 Å². The van der Waals surface area contributed by atoms with Crippen LogP contribution in [0.15, 0.2) is 30.3 Å². The zero-order chi connectivity index (χ0) is 31.3. The van der Waals surface area contributed by atoms with Gasteiger partial charge in [-0.05, 0) is 55.7 Å².